The maximum atomic E-state index is 12.1. The second-order valence-corrected chi connectivity index (χ2v) is 8.61. The van der Waals surface area contributed by atoms with Gasteiger partial charge in [0, 0.05) is 24.9 Å². The van der Waals surface area contributed by atoms with Crippen molar-refractivity contribution in [2.75, 3.05) is 24.6 Å². The summed E-state index contributed by atoms with van der Waals surface area (Å²) in [6, 6.07) is 16.1. The summed E-state index contributed by atoms with van der Waals surface area (Å²) in [6.45, 7) is 4.42. The molecule has 32 heavy (non-hydrogen) atoms. The number of anilines is 1. The largest absolute Gasteiger partial charge is 0.490 e. The minimum absolute atomic E-state index is 0.108. The van der Waals surface area contributed by atoms with Gasteiger partial charge in [-0.1, -0.05) is 63.3 Å². The molecule has 2 aromatic rings. The first-order chi connectivity index (χ1) is 15.4. The van der Waals surface area contributed by atoms with E-state index in [0.717, 1.165) is 36.2 Å². The first-order valence-corrected chi connectivity index (χ1v) is 11.8. The zero-order chi connectivity index (χ0) is 22.8. The molecule has 0 unspecified atom stereocenters. The third-order valence-electron chi connectivity index (χ3n) is 6.15. The lowest BCUT2D eigenvalue weighted by atomic mass is 9.91. The molecular weight excluding hydrogens is 411 g/mol. The van der Waals surface area contributed by atoms with Gasteiger partial charge in [0.15, 0.2) is 0 Å². The van der Waals surface area contributed by atoms with E-state index in [4.69, 9.17) is 4.74 Å². The minimum Gasteiger partial charge on any atom is -0.490 e. The highest BCUT2D eigenvalue weighted by Gasteiger charge is 2.21. The molecule has 1 fully saturated rings. The molecule has 1 heterocycles. The van der Waals surface area contributed by atoms with Crippen LogP contribution < -0.4 is 9.64 Å². The summed E-state index contributed by atoms with van der Waals surface area (Å²) in [6.07, 6.45) is 6.23. The highest BCUT2D eigenvalue weighted by Crippen LogP contribution is 2.29. The number of halogens is 3. The summed E-state index contributed by atoms with van der Waals surface area (Å²) in [5.74, 6) is 1.43. The molecule has 3 rings (SSSR count). The first kappa shape index (κ1) is 24.2. The molecule has 0 bridgehead atoms. The Morgan fingerprint density at radius 1 is 0.906 bits per heavy atom. The summed E-state index contributed by atoms with van der Waals surface area (Å²) >= 11 is 0. The molecule has 1 aliphatic rings. The van der Waals surface area contributed by atoms with Crippen molar-refractivity contribution in [1.82, 2.24) is 0 Å². The monoisotopic (exact) mass is 445 g/mol. The Morgan fingerprint density at radius 2 is 1.53 bits per heavy atom. The van der Waals surface area contributed by atoms with Crippen LogP contribution in [0.3, 0.4) is 0 Å². The van der Waals surface area contributed by atoms with Crippen molar-refractivity contribution >= 4 is 5.69 Å². The molecular formula is C27H34F3NO. The fourth-order valence-corrected chi connectivity index (χ4v) is 4.27. The van der Waals surface area contributed by atoms with Gasteiger partial charge >= 0.3 is 6.18 Å². The van der Waals surface area contributed by atoms with Crippen molar-refractivity contribution in [3.8, 4) is 16.9 Å². The molecule has 5 heteroatoms. The molecule has 0 aliphatic carbocycles. The normalized spacial score (nSPS) is 15.4. The lowest BCUT2D eigenvalue weighted by Gasteiger charge is -2.33. The highest BCUT2D eigenvalue weighted by molar-refractivity contribution is 5.67. The van der Waals surface area contributed by atoms with Crippen molar-refractivity contribution in [3.05, 3.63) is 60.7 Å². The summed E-state index contributed by atoms with van der Waals surface area (Å²) in [4.78, 5) is 2.48. The van der Waals surface area contributed by atoms with Gasteiger partial charge in [-0.2, -0.15) is 13.2 Å². The van der Waals surface area contributed by atoms with Gasteiger partial charge in [-0.05, 0) is 60.2 Å². The number of hydrogen-bond acceptors (Lipinski definition) is 2. The van der Waals surface area contributed by atoms with Crippen LogP contribution in [0.2, 0.25) is 0 Å². The molecule has 0 amide bonds. The Hall–Kier alpha value is -2.43. The lowest BCUT2D eigenvalue weighted by Crippen LogP contribution is -2.33. The average Bonchev–Trinajstić information content (AvgIpc) is 2.80. The van der Waals surface area contributed by atoms with E-state index >= 15 is 0 Å². The van der Waals surface area contributed by atoms with Gasteiger partial charge in [-0.3, -0.25) is 0 Å². The maximum absolute atomic E-state index is 12.1. The van der Waals surface area contributed by atoms with E-state index in [1.165, 1.54) is 50.6 Å². The Labute approximate surface area is 190 Å². The van der Waals surface area contributed by atoms with Crippen LogP contribution in [0.1, 0.15) is 51.9 Å². The quantitative estimate of drug-likeness (QED) is 0.271. The number of allylic oxidation sites excluding steroid dienone is 1. The molecule has 0 spiro atoms. The molecule has 0 radical (unpaired) electrons. The van der Waals surface area contributed by atoms with Crippen LogP contribution in [0.4, 0.5) is 18.9 Å². The second-order valence-electron chi connectivity index (χ2n) is 8.61. The molecule has 0 saturated carbocycles. The van der Waals surface area contributed by atoms with Crippen molar-refractivity contribution < 1.29 is 17.9 Å². The first-order valence-electron chi connectivity index (χ1n) is 11.8. The minimum atomic E-state index is -4.30. The molecule has 1 aliphatic heterocycles. The van der Waals surface area contributed by atoms with E-state index in [9.17, 15) is 13.2 Å². The number of nitrogens with zero attached hydrogens (tertiary/aromatic N) is 1. The second kappa shape index (κ2) is 12.0. The van der Waals surface area contributed by atoms with Gasteiger partial charge in [-0.25, -0.2) is 0 Å². The van der Waals surface area contributed by atoms with E-state index in [0.29, 0.717) is 5.75 Å². The summed E-state index contributed by atoms with van der Waals surface area (Å²) < 4.78 is 41.7. The number of alkyl halides is 3. The van der Waals surface area contributed by atoms with Crippen LogP contribution in [-0.2, 0) is 0 Å². The van der Waals surface area contributed by atoms with E-state index in [2.05, 4.69) is 36.1 Å². The third-order valence-corrected chi connectivity index (χ3v) is 6.15. The van der Waals surface area contributed by atoms with Gasteiger partial charge in [0.05, 0.1) is 0 Å². The number of benzene rings is 2. The smallest absolute Gasteiger partial charge is 0.409 e. The Balaban J connectivity index is 1.47. The molecule has 2 aromatic carbocycles. The van der Waals surface area contributed by atoms with Crippen LogP contribution in [0.15, 0.2) is 60.7 Å². The van der Waals surface area contributed by atoms with Gasteiger partial charge < -0.3 is 9.64 Å². The van der Waals surface area contributed by atoms with Gasteiger partial charge in [0.25, 0.3) is 0 Å². The predicted octanol–water partition coefficient (Wildman–Crippen LogP) is 8.04. The summed E-state index contributed by atoms with van der Waals surface area (Å²) in [7, 11) is 0. The van der Waals surface area contributed by atoms with E-state index in [1.807, 2.05) is 12.1 Å². The molecule has 2 nitrogen and oxygen atoms in total. The van der Waals surface area contributed by atoms with Crippen LogP contribution in [0.5, 0.6) is 5.75 Å². The number of unbranched alkanes of at least 4 members (excludes halogenated alkanes) is 3. The summed E-state index contributed by atoms with van der Waals surface area (Å²) in [5.41, 5.74) is 3.44. The van der Waals surface area contributed by atoms with E-state index in [-0.39, 0.29) is 12.7 Å². The molecule has 174 valence electrons. The van der Waals surface area contributed by atoms with Crippen LogP contribution in [0.25, 0.3) is 11.1 Å². The Bertz CT molecular complexity index is 819. The van der Waals surface area contributed by atoms with Crippen molar-refractivity contribution in [1.29, 1.82) is 0 Å². The fraction of sp³-hybridized carbons (Fsp3) is 0.481. The standard InChI is InChI=1S/C27H34F3NO/c1-2-3-4-5-7-22-16-19-31(20-17-22)25-12-8-23(9-13-25)24-10-14-26(15-11-24)32-21-6-18-27(28,29)30/h6,8-15,18,22H,2-5,7,16-17,19-21H2,1H3/b18-6+. The third kappa shape index (κ3) is 7.92. The van der Waals surface area contributed by atoms with Crippen molar-refractivity contribution in [2.45, 2.75) is 58.0 Å². The molecule has 1 saturated heterocycles. The number of hydrogen-bond donors (Lipinski definition) is 0. The van der Waals surface area contributed by atoms with Crippen LogP contribution in [0, 0.1) is 5.92 Å². The van der Waals surface area contributed by atoms with Crippen LogP contribution >= 0.6 is 0 Å². The van der Waals surface area contributed by atoms with Crippen molar-refractivity contribution in [3.63, 3.8) is 0 Å². The topological polar surface area (TPSA) is 12.5 Å². The predicted molar refractivity (Wildman–Crippen MR) is 126 cm³/mol. The van der Waals surface area contributed by atoms with Gasteiger partial charge in [0.1, 0.15) is 12.4 Å². The van der Waals surface area contributed by atoms with Gasteiger partial charge in [0.2, 0.25) is 0 Å². The SMILES string of the molecule is CCCCCCC1CCN(c2ccc(-c3ccc(OC/C=C/C(F)(F)F)cc3)cc2)CC1. The zero-order valence-corrected chi connectivity index (χ0v) is 18.9. The van der Waals surface area contributed by atoms with E-state index < -0.39 is 6.18 Å². The Kier molecular flexibility index (Phi) is 9.07. The number of piperidine rings is 1. The fourth-order valence-electron chi connectivity index (χ4n) is 4.27. The maximum Gasteiger partial charge on any atom is 0.409 e. The van der Waals surface area contributed by atoms with Crippen LogP contribution in [-0.4, -0.2) is 25.9 Å². The van der Waals surface area contributed by atoms with E-state index in [1.54, 1.807) is 12.1 Å². The molecule has 0 N–H and O–H groups in total. The number of rotatable bonds is 10. The summed E-state index contributed by atoms with van der Waals surface area (Å²) in [5, 5.41) is 0. The number of ether oxygens (including phenoxy) is 1. The Morgan fingerprint density at radius 3 is 2.12 bits per heavy atom. The molecule has 0 atom stereocenters. The van der Waals surface area contributed by atoms with Crippen molar-refractivity contribution in [2.24, 2.45) is 5.92 Å². The highest BCUT2D eigenvalue weighted by atomic mass is 19.4. The zero-order valence-electron chi connectivity index (χ0n) is 18.9. The van der Waals surface area contributed by atoms with Gasteiger partial charge in [-0.15, -0.1) is 0 Å². The molecule has 0 aromatic heterocycles. The lowest BCUT2D eigenvalue weighted by molar-refractivity contribution is -0.0801. The average molecular weight is 446 g/mol.